The highest BCUT2D eigenvalue weighted by atomic mass is 79.9. The molecule has 0 spiro atoms. The van der Waals surface area contributed by atoms with E-state index in [9.17, 15) is 13.2 Å². The topological polar surface area (TPSA) is 3.24 Å². The molecule has 1 atom stereocenters. The first-order chi connectivity index (χ1) is 8.38. The highest BCUT2D eigenvalue weighted by Crippen LogP contribution is 2.33. The van der Waals surface area contributed by atoms with Crippen molar-refractivity contribution < 1.29 is 13.2 Å². The molecule has 0 aromatic heterocycles. The quantitative estimate of drug-likeness (QED) is 0.777. The Morgan fingerprint density at radius 2 is 2.11 bits per heavy atom. The van der Waals surface area contributed by atoms with Crippen LogP contribution in [0.25, 0.3) is 0 Å². The Kier molecular flexibility index (Phi) is 4.02. The van der Waals surface area contributed by atoms with E-state index in [0.717, 1.165) is 29.9 Å². The molecule has 1 nitrogen and oxygen atoms in total. The van der Waals surface area contributed by atoms with Gasteiger partial charge in [0.25, 0.3) is 0 Å². The highest BCUT2D eigenvalue weighted by molar-refractivity contribution is 9.10. The van der Waals surface area contributed by atoms with Gasteiger partial charge in [-0.25, -0.2) is 0 Å². The van der Waals surface area contributed by atoms with Gasteiger partial charge in [-0.15, -0.1) is 0 Å². The minimum absolute atomic E-state index is 0.450. The summed E-state index contributed by atoms with van der Waals surface area (Å²) < 4.78 is 38.7. The maximum absolute atomic E-state index is 12.7. The molecule has 0 radical (unpaired) electrons. The average molecular weight is 322 g/mol. The molecule has 2 rings (SSSR count). The summed E-state index contributed by atoms with van der Waals surface area (Å²) in [6.07, 6.45) is -2.03. The minimum atomic E-state index is -4.27. The first-order valence-corrected chi connectivity index (χ1v) is 6.77. The summed E-state index contributed by atoms with van der Waals surface area (Å²) in [5.41, 5.74) is 0.131. The Hall–Kier alpha value is -0.550. The van der Waals surface area contributed by atoms with Crippen molar-refractivity contribution in [3.63, 3.8) is 0 Å². The van der Waals surface area contributed by atoms with Gasteiger partial charge in [-0.05, 0) is 50.1 Å². The zero-order chi connectivity index (χ0) is 13.3. The SMILES string of the molecule is C[C@@H]1CCCN1Cc1cc(C(F)(F)F)ccc1Br. The molecule has 18 heavy (non-hydrogen) atoms. The van der Waals surface area contributed by atoms with E-state index < -0.39 is 11.7 Å². The third kappa shape index (κ3) is 3.06. The van der Waals surface area contributed by atoms with Gasteiger partial charge in [0.15, 0.2) is 0 Å². The van der Waals surface area contributed by atoms with Crippen molar-refractivity contribution in [2.24, 2.45) is 0 Å². The Morgan fingerprint density at radius 3 is 2.67 bits per heavy atom. The van der Waals surface area contributed by atoms with Crippen molar-refractivity contribution in [1.29, 1.82) is 0 Å². The molecule has 0 amide bonds. The molecule has 1 aliphatic heterocycles. The summed E-state index contributed by atoms with van der Waals surface area (Å²) in [6, 6.07) is 4.29. The number of hydrogen-bond acceptors (Lipinski definition) is 1. The average Bonchev–Trinajstić information content (AvgIpc) is 2.66. The van der Waals surface area contributed by atoms with Crippen molar-refractivity contribution in [2.45, 2.75) is 38.5 Å². The van der Waals surface area contributed by atoms with E-state index >= 15 is 0 Å². The van der Waals surface area contributed by atoms with Crippen LogP contribution in [0.15, 0.2) is 22.7 Å². The molecule has 0 N–H and O–H groups in total. The Balaban J connectivity index is 2.21. The van der Waals surface area contributed by atoms with Gasteiger partial charge in [-0.3, -0.25) is 4.90 Å². The van der Waals surface area contributed by atoms with Crippen LogP contribution < -0.4 is 0 Å². The molecule has 1 saturated heterocycles. The molecular weight excluding hydrogens is 307 g/mol. The van der Waals surface area contributed by atoms with E-state index in [-0.39, 0.29) is 0 Å². The molecule has 1 aromatic carbocycles. The summed E-state index contributed by atoms with van der Waals surface area (Å²) in [5.74, 6) is 0. The molecule has 100 valence electrons. The zero-order valence-electron chi connectivity index (χ0n) is 10.1. The van der Waals surface area contributed by atoms with Crippen molar-refractivity contribution in [3.8, 4) is 0 Å². The molecule has 1 heterocycles. The van der Waals surface area contributed by atoms with Crippen molar-refractivity contribution in [2.75, 3.05) is 6.54 Å². The van der Waals surface area contributed by atoms with E-state index in [1.165, 1.54) is 12.1 Å². The van der Waals surface area contributed by atoms with Crippen molar-refractivity contribution in [3.05, 3.63) is 33.8 Å². The van der Waals surface area contributed by atoms with Crippen molar-refractivity contribution >= 4 is 15.9 Å². The number of halogens is 4. The lowest BCUT2D eigenvalue weighted by atomic mass is 10.1. The molecule has 1 fully saturated rings. The summed E-state index contributed by atoms with van der Waals surface area (Å²) in [4.78, 5) is 2.22. The van der Waals surface area contributed by atoms with Crippen LogP contribution in [0.5, 0.6) is 0 Å². The normalized spacial score (nSPS) is 21.5. The largest absolute Gasteiger partial charge is 0.416 e. The summed E-state index contributed by atoms with van der Waals surface area (Å²) in [7, 11) is 0. The first kappa shape index (κ1) is 13.9. The lowest BCUT2D eigenvalue weighted by molar-refractivity contribution is -0.137. The maximum atomic E-state index is 12.7. The lowest BCUT2D eigenvalue weighted by Gasteiger charge is -2.22. The third-order valence-electron chi connectivity index (χ3n) is 3.44. The van der Waals surface area contributed by atoms with Gasteiger partial charge in [-0.1, -0.05) is 15.9 Å². The van der Waals surface area contributed by atoms with Crippen LogP contribution in [0.3, 0.4) is 0 Å². The van der Waals surface area contributed by atoms with Crippen LogP contribution in [-0.2, 0) is 12.7 Å². The molecule has 0 bridgehead atoms. The molecule has 0 aliphatic carbocycles. The third-order valence-corrected chi connectivity index (χ3v) is 4.21. The highest BCUT2D eigenvalue weighted by Gasteiger charge is 2.31. The number of benzene rings is 1. The van der Waals surface area contributed by atoms with Crippen LogP contribution >= 0.6 is 15.9 Å². The number of rotatable bonds is 2. The summed E-state index contributed by atoms with van der Waals surface area (Å²) >= 11 is 3.33. The monoisotopic (exact) mass is 321 g/mol. The van der Waals surface area contributed by atoms with Gasteiger partial charge in [0.05, 0.1) is 5.56 Å². The van der Waals surface area contributed by atoms with Gasteiger partial charge in [0, 0.05) is 17.1 Å². The van der Waals surface area contributed by atoms with Crippen LogP contribution in [0, 0.1) is 0 Å². The second-order valence-electron chi connectivity index (χ2n) is 4.77. The van der Waals surface area contributed by atoms with E-state index in [1.807, 2.05) is 0 Å². The number of likely N-dealkylation sites (tertiary alicyclic amines) is 1. The fourth-order valence-corrected chi connectivity index (χ4v) is 2.69. The van der Waals surface area contributed by atoms with Gasteiger partial charge in [0.1, 0.15) is 0 Å². The number of alkyl halides is 3. The molecule has 0 saturated carbocycles. The molecule has 0 unspecified atom stereocenters. The van der Waals surface area contributed by atoms with Gasteiger partial charge in [0.2, 0.25) is 0 Å². The maximum Gasteiger partial charge on any atom is 0.416 e. The van der Waals surface area contributed by atoms with Gasteiger partial charge in [-0.2, -0.15) is 13.2 Å². The Morgan fingerprint density at radius 1 is 1.39 bits per heavy atom. The smallest absolute Gasteiger partial charge is 0.296 e. The Labute approximate surface area is 113 Å². The van der Waals surface area contributed by atoms with Crippen LogP contribution in [0.4, 0.5) is 13.2 Å². The van der Waals surface area contributed by atoms with E-state index in [4.69, 9.17) is 0 Å². The second kappa shape index (κ2) is 5.21. The second-order valence-corrected chi connectivity index (χ2v) is 5.62. The van der Waals surface area contributed by atoms with Gasteiger partial charge >= 0.3 is 6.18 Å². The zero-order valence-corrected chi connectivity index (χ0v) is 11.7. The van der Waals surface area contributed by atoms with E-state index in [2.05, 4.69) is 27.8 Å². The summed E-state index contributed by atoms with van der Waals surface area (Å²) in [5, 5.41) is 0. The standard InChI is InChI=1S/C13H15BrF3N/c1-9-3-2-6-18(9)8-10-7-11(13(15,16)17)4-5-12(10)14/h4-5,7,9H,2-3,6,8H2,1H3/t9-/m1/s1. The molecule has 1 aromatic rings. The first-order valence-electron chi connectivity index (χ1n) is 5.97. The molecule has 1 aliphatic rings. The predicted molar refractivity (Wildman–Crippen MR) is 68.3 cm³/mol. The fourth-order valence-electron chi connectivity index (χ4n) is 2.32. The van der Waals surface area contributed by atoms with Crippen molar-refractivity contribution in [1.82, 2.24) is 4.90 Å². The van der Waals surface area contributed by atoms with E-state index in [1.54, 1.807) is 0 Å². The number of hydrogen-bond donors (Lipinski definition) is 0. The van der Waals surface area contributed by atoms with E-state index in [0.29, 0.717) is 18.2 Å². The van der Waals surface area contributed by atoms with Crippen LogP contribution in [0.1, 0.15) is 30.9 Å². The van der Waals surface area contributed by atoms with Gasteiger partial charge < -0.3 is 0 Å². The Bertz CT molecular complexity index is 431. The van der Waals surface area contributed by atoms with Crippen LogP contribution in [0.2, 0.25) is 0 Å². The predicted octanol–water partition coefficient (Wildman–Crippen LogP) is 4.45. The lowest BCUT2D eigenvalue weighted by Crippen LogP contribution is -2.26. The minimum Gasteiger partial charge on any atom is -0.296 e. The fraction of sp³-hybridized carbons (Fsp3) is 0.538. The summed E-state index contributed by atoms with van der Waals surface area (Å²) in [6.45, 7) is 3.66. The molecular formula is C13H15BrF3N. The van der Waals surface area contributed by atoms with Crippen LogP contribution in [-0.4, -0.2) is 17.5 Å². The molecule has 5 heteroatoms. The number of nitrogens with zero attached hydrogens (tertiary/aromatic N) is 1.